The van der Waals surface area contributed by atoms with Crippen LogP contribution in [-0.4, -0.2) is 41.0 Å². The number of hydrogen-bond acceptors (Lipinski definition) is 4. The maximum Gasteiger partial charge on any atom is 0.355 e. The Kier molecular flexibility index (Phi) is 4.09. The Morgan fingerprint density at radius 1 is 1.37 bits per heavy atom. The fraction of sp³-hybridized carbons (Fsp3) is 0.538. The highest BCUT2D eigenvalue weighted by Crippen LogP contribution is 2.12. The lowest BCUT2D eigenvalue weighted by molar-refractivity contribution is -0.133. The van der Waals surface area contributed by atoms with E-state index in [0.717, 1.165) is 25.9 Å². The number of carbonyl (C=O) groups excluding carboxylic acids is 2. The number of carbonyl (C=O) groups is 2. The number of esters is 1. The van der Waals surface area contributed by atoms with Crippen molar-refractivity contribution in [2.24, 2.45) is 0 Å². The van der Waals surface area contributed by atoms with Crippen molar-refractivity contribution in [1.82, 2.24) is 9.47 Å². The Morgan fingerprint density at radius 3 is 2.68 bits per heavy atom. The standard InChI is InChI=1S/C13H19N3O3/c1-2-15-8-10(14)7-11(15)13(18)19-9-12(17)16-5-3-4-6-16/h7-8H,2-6,9,14H2,1H3. The second kappa shape index (κ2) is 5.77. The molecule has 0 aliphatic carbocycles. The molecule has 1 saturated heterocycles. The Morgan fingerprint density at radius 2 is 2.05 bits per heavy atom. The van der Waals surface area contributed by atoms with Crippen LogP contribution in [0.5, 0.6) is 0 Å². The molecule has 1 aromatic heterocycles. The van der Waals surface area contributed by atoms with Gasteiger partial charge in [0.25, 0.3) is 5.91 Å². The lowest BCUT2D eigenvalue weighted by atomic mass is 10.4. The molecule has 0 radical (unpaired) electrons. The predicted octanol–water partition coefficient (Wildman–Crippen LogP) is 0.869. The number of anilines is 1. The molecule has 2 heterocycles. The van der Waals surface area contributed by atoms with Crippen LogP contribution in [0.2, 0.25) is 0 Å². The topological polar surface area (TPSA) is 77.6 Å². The molecule has 0 bridgehead atoms. The van der Waals surface area contributed by atoms with Crippen LogP contribution in [0.15, 0.2) is 12.3 Å². The lowest BCUT2D eigenvalue weighted by Gasteiger charge is -2.15. The summed E-state index contributed by atoms with van der Waals surface area (Å²) in [7, 11) is 0. The summed E-state index contributed by atoms with van der Waals surface area (Å²) in [5, 5.41) is 0. The third-order valence-corrected chi connectivity index (χ3v) is 3.25. The monoisotopic (exact) mass is 265 g/mol. The molecule has 6 nitrogen and oxygen atoms in total. The van der Waals surface area contributed by atoms with E-state index in [-0.39, 0.29) is 12.5 Å². The maximum absolute atomic E-state index is 11.9. The molecule has 19 heavy (non-hydrogen) atoms. The number of nitrogen functional groups attached to an aromatic ring is 1. The molecular weight excluding hydrogens is 246 g/mol. The van der Waals surface area contributed by atoms with Gasteiger partial charge in [0.15, 0.2) is 6.61 Å². The van der Waals surface area contributed by atoms with Crippen molar-refractivity contribution < 1.29 is 14.3 Å². The minimum atomic E-state index is -0.508. The van der Waals surface area contributed by atoms with E-state index in [1.165, 1.54) is 0 Å². The fourth-order valence-corrected chi connectivity index (χ4v) is 2.22. The summed E-state index contributed by atoms with van der Waals surface area (Å²) < 4.78 is 6.76. The van der Waals surface area contributed by atoms with Gasteiger partial charge in [-0.2, -0.15) is 0 Å². The van der Waals surface area contributed by atoms with Gasteiger partial charge in [0, 0.05) is 25.8 Å². The van der Waals surface area contributed by atoms with Crippen LogP contribution in [-0.2, 0) is 16.1 Å². The summed E-state index contributed by atoms with van der Waals surface area (Å²) in [6.07, 6.45) is 3.72. The average Bonchev–Trinajstić information content (AvgIpc) is 3.04. The number of aryl methyl sites for hydroxylation is 1. The van der Waals surface area contributed by atoms with Gasteiger partial charge in [-0.05, 0) is 25.8 Å². The Balaban J connectivity index is 1.91. The molecule has 104 valence electrons. The molecule has 2 N–H and O–H groups in total. The third kappa shape index (κ3) is 3.07. The number of rotatable bonds is 4. The quantitative estimate of drug-likeness (QED) is 0.819. The van der Waals surface area contributed by atoms with E-state index in [1.807, 2.05) is 6.92 Å². The summed E-state index contributed by atoms with van der Waals surface area (Å²) in [5.74, 6) is -0.639. The van der Waals surface area contributed by atoms with Gasteiger partial charge in [-0.25, -0.2) is 4.79 Å². The largest absolute Gasteiger partial charge is 0.451 e. The zero-order chi connectivity index (χ0) is 13.8. The first-order valence-corrected chi connectivity index (χ1v) is 6.52. The number of aromatic nitrogens is 1. The molecule has 1 aliphatic rings. The smallest absolute Gasteiger partial charge is 0.355 e. The molecule has 0 saturated carbocycles. The number of nitrogens with zero attached hydrogens (tertiary/aromatic N) is 2. The second-order valence-corrected chi connectivity index (χ2v) is 4.61. The number of likely N-dealkylation sites (tertiary alicyclic amines) is 1. The summed E-state index contributed by atoms with van der Waals surface area (Å²) in [4.78, 5) is 25.4. The van der Waals surface area contributed by atoms with Gasteiger partial charge < -0.3 is 19.9 Å². The number of amides is 1. The molecular formula is C13H19N3O3. The highest BCUT2D eigenvalue weighted by atomic mass is 16.5. The van der Waals surface area contributed by atoms with Crippen molar-refractivity contribution in [2.45, 2.75) is 26.3 Å². The highest BCUT2D eigenvalue weighted by Gasteiger charge is 2.20. The highest BCUT2D eigenvalue weighted by molar-refractivity contribution is 5.91. The van der Waals surface area contributed by atoms with E-state index in [0.29, 0.717) is 17.9 Å². The van der Waals surface area contributed by atoms with Crippen LogP contribution in [0.25, 0.3) is 0 Å². The average molecular weight is 265 g/mol. The molecule has 2 rings (SSSR count). The SMILES string of the molecule is CCn1cc(N)cc1C(=O)OCC(=O)N1CCCC1. The Bertz CT molecular complexity index is 475. The lowest BCUT2D eigenvalue weighted by Crippen LogP contribution is -2.32. The van der Waals surface area contributed by atoms with Gasteiger partial charge in [0.2, 0.25) is 0 Å². The van der Waals surface area contributed by atoms with Crippen molar-refractivity contribution in [3.05, 3.63) is 18.0 Å². The summed E-state index contributed by atoms with van der Waals surface area (Å²) in [5.41, 5.74) is 6.54. The van der Waals surface area contributed by atoms with Gasteiger partial charge in [0.05, 0.1) is 5.69 Å². The fourth-order valence-electron chi connectivity index (χ4n) is 2.22. The maximum atomic E-state index is 11.9. The van der Waals surface area contributed by atoms with Crippen molar-refractivity contribution in [3.8, 4) is 0 Å². The van der Waals surface area contributed by atoms with Crippen LogP contribution in [0.3, 0.4) is 0 Å². The Hall–Kier alpha value is -1.98. The number of nitrogens with two attached hydrogens (primary N) is 1. The van der Waals surface area contributed by atoms with E-state index in [9.17, 15) is 9.59 Å². The van der Waals surface area contributed by atoms with Crippen LogP contribution in [0.4, 0.5) is 5.69 Å². The minimum absolute atomic E-state index is 0.131. The van der Waals surface area contributed by atoms with E-state index >= 15 is 0 Å². The van der Waals surface area contributed by atoms with Crippen LogP contribution in [0.1, 0.15) is 30.3 Å². The van der Waals surface area contributed by atoms with Gasteiger partial charge in [-0.15, -0.1) is 0 Å². The van der Waals surface area contributed by atoms with Crippen LogP contribution in [0, 0.1) is 0 Å². The van der Waals surface area contributed by atoms with Gasteiger partial charge in [-0.3, -0.25) is 4.79 Å². The summed E-state index contributed by atoms with van der Waals surface area (Å²) in [6.45, 7) is 3.85. The molecule has 0 spiro atoms. The molecule has 1 amide bonds. The van der Waals surface area contributed by atoms with Crippen molar-refractivity contribution in [2.75, 3.05) is 25.4 Å². The summed E-state index contributed by atoms with van der Waals surface area (Å²) in [6, 6.07) is 1.56. The molecule has 0 aromatic carbocycles. The van der Waals surface area contributed by atoms with E-state index < -0.39 is 5.97 Å². The molecule has 1 fully saturated rings. The summed E-state index contributed by atoms with van der Waals surface area (Å²) >= 11 is 0. The molecule has 0 unspecified atom stereocenters. The zero-order valence-electron chi connectivity index (χ0n) is 11.1. The first-order valence-electron chi connectivity index (χ1n) is 6.52. The first kappa shape index (κ1) is 13.5. The van der Waals surface area contributed by atoms with Crippen LogP contribution >= 0.6 is 0 Å². The minimum Gasteiger partial charge on any atom is -0.451 e. The van der Waals surface area contributed by atoms with Crippen molar-refractivity contribution in [1.29, 1.82) is 0 Å². The molecule has 6 heteroatoms. The number of ether oxygens (including phenoxy) is 1. The van der Waals surface area contributed by atoms with Crippen LogP contribution < -0.4 is 5.73 Å². The number of hydrogen-bond donors (Lipinski definition) is 1. The Labute approximate surface area is 112 Å². The third-order valence-electron chi connectivity index (χ3n) is 3.25. The zero-order valence-corrected chi connectivity index (χ0v) is 11.1. The van der Waals surface area contributed by atoms with E-state index in [1.54, 1.807) is 21.7 Å². The van der Waals surface area contributed by atoms with Gasteiger partial charge in [0.1, 0.15) is 5.69 Å². The van der Waals surface area contributed by atoms with Crippen molar-refractivity contribution in [3.63, 3.8) is 0 Å². The van der Waals surface area contributed by atoms with Crippen molar-refractivity contribution >= 4 is 17.6 Å². The van der Waals surface area contributed by atoms with E-state index in [4.69, 9.17) is 10.5 Å². The second-order valence-electron chi connectivity index (χ2n) is 4.61. The first-order chi connectivity index (χ1) is 9.11. The van der Waals surface area contributed by atoms with Gasteiger partial charge >= 0.3 is 5.97 Å². The molecule has 1 aliphatic heterocycles. The molecule has 1 aromatic rings. The molecule has 0 atom stereocenters. The van der Waals surface area contributed by atoms with E-state index in [2.05, 4.69) is 0 Å². The predicted molar refractivity (Wildman–Crippen MR) is 70.6 cm³/mol. The van der Waals surface area contributed by atoms with Gasteiger partial charge in [-0.1, -0.05) is 0 Å². The normalized spacial score (nSPS) is 14.7.